The lowest BCUT2D eigenvalue weighted by molar-refractivity contribution is -0.00429. The fraction of sp³-hybridized carbons (Fsp3) is 0.533. The third kappa shape index (κ3) is 2.96. The van der Waals surface area contributed by atoms with E-state index in [1.807, 2.05) is 45.2 Å². The zero-order chi connectivity index (χ0) is 13.9. The molecule has 104 valence electrons. The molecule has 0 bridgehead atoms. The van der Waals surface area contributed by atoms with E-state index in [1.54, 1.807) is 0 Å². The highest BCUT2D eigenvalue weighted by molar-refractivity contribution is 6.02. The van der Waals surface area contributed by atoms with Crippen molar-refractivity contribution < 1.29 is 9.53 Å². The van der Waals surface area contributed by atoms with Crippen LogP contribution in [0.3, 0.4) is 0 Å². The molecule has 0 unspecified atom stereocenters. The first-order valence-electron chi connectivity index (χ1n) is 6.71. The second-order valence-electron chi connectivity index (χ2n) is 5.31. The molecular formula is C15H22N2O2. The maximum atomic E-state index is 12.7. The first-order chi connectivity index (χ1) is 9.05. The number of Topliss-reactive ketones (excluding diaryl/α,β-unsaturated/α-hetero) is 1. The fourth-order valence-electron chi connectivity index (χ4n) is 2.41. The minimum absolute atomic E-state index is 0.164. The monoisotopic (exact) mass is 262 g/mol. The van der Waals surface area contributed by atoms with E-state index in [9.17, 15) is 4.79 Å². The van der Waals surface area contributed by atoms with Crippen LogP contribution in [0, 0.1) is 0 Å². The molecule has 1 fully saturated rings. The van der Waals surface area contributed by atoms with Crippen molar-refractivity contribution in [2.45, 2.75) is 19.4 Å². The normalized spacial score (nSPS) is 17.2. The molecule has 0 aromatic heterocycles. The minimum Gasteiger partial charge on any atom is -0.388 e. The van der Waals surface area contributed by atoms with Crippen molar-refractivity contribution >= 4 is 11.5 Å². The average Bonchev–Trinajstić information content (AvgIpc) is 2.47. The van der Waals surface area contributed by atoms with Gasteiger partial charge in [-0.2, -0.15) is 0 Å². The fourth-order valence-corrected chi connectivity index (χ4v) is 2.41. The van der Waals surface area contributed by atoms with Crippen LogP contribution < -0.4 is 5.32 Å². The van der Waals surface area contributed by atoms with Gasteiger partial charge in [-0.25, -0.2) is 0 Å². The van der Waals surface area contributed by atoms with Crippen LogP contribution in [-0.4, -0.2) is 49.6 Å². The predicted octanol–water partition coefficient (Wildman–Crippen LogP) is 2.02. The smallest absolute Gasteiger partial charge is 0.182 e. The summed E-state index contributed by atoms with van der Waals surface area (Å²) in [6.45, 7) is 7.02. The molecule has 0 amide bonds. The average molecular weight is 262 g/mol. The van der Waals surface area contributed by atoms with Crippen molar-refractivity contribution in [3.8, 4) is 0 Å². The first-order valence-corrected chi connectivity index (χ1v) is 6.71. The number of carbonyl (C=O) groups is 1. The summed E-state index contributed by atoms with van der Waals surface area (Å²) in [5.74, 6) is 0.164. The Hall–Kier alpha value is -1.39. The van der Waals surface area contributed by atoms with E-state index in [-0.39, 0.29) is 5.78 Å². The molecule has 1 saturated heterocycles. The highest BCUT2D eigenvalue weighted by Crippen LogP contribution is 2.22. The van der Waals surface area contributed by atoms with Gasteiger partial charge in [-0.1, -0.05) is 0 Å². The predicted molar refractivity (Wildman–Crippen MR) is 76.8 cm³/mol. The van der Waals surface area contributed by atoms with E-state index < -0.39 is 5.54 Å². The topological polar surface area (TPSA) is 41.6 Å². The van der Waals surface area contributed by atoms with Gasteiger partial charge in [0.1, 0.15) is 0 Å². The number of rotatable bonds is 4. The molecule has 1 heterocycles. The summed E-state index contributed by atoms with van der Waals surface area (Å²) in [4.78, 5) is 14.9. The van der Waals surface area contributed by atoms with Crippen molar-refractivity contribution in [1.82, 2.24) is 4.90 Å². The summed E-state index contributed by atoms with van der Waals surface area (Å²) in [6.07, 6.45) is 0. The molecule has 2 rings (SSSR count). The number of ether oxygens (including phenoxy) is 1. The SMILES string of the molecule is CNc1ccc(C(=O)C(C)(C)N2CCOCC2)cc1. The zero-order valence-corrected chi connectivity index (χ0v) is 11.9. The second-order valence-corrected chi connectivity index (χ2v) is 5.31. The Bertz CT molecular complexity index is 434. The zero-order valence-electron chi connectivity index (χ0n) is 11.9. The van der Waals surface area contributed by atoms with Crippen LogP contribution in [0.5, 0.6) is 0 Å². The van der Waals surface area contributed by atoms with Gasteiger partial charge in [-0.3, -0.25) is 9.69 Å². The number of nitrogens with one attached hydrogen (secondary N) is 1. The van der Waals surface area contributed by atoms with Gasteiger partial charge in [0.25, 0.3) is 0 Å². The van der Waals surface area contributed by atoms with Gasteiger partial charge < -0.3 is 10.1 Å². The van der Waals surface area contributed by atoms with E-state index in [1.165, 1.54) is 0 Å². The van der Waals surface area contributed by atoms with Crippen LogP contribution in [0.15, 0.2) is 24.3 Å². The van der Waals surface area contributed by atoms with Crippen molar-refractivity contribution in [2.24, 2.45) is 0 Å². The van der Waals surface area contributed by atoms with Crippen molar-refractivity contribution in [3.05, 3.63) is 29.8 Å². The number of hydrogen-bond acceptors (Lipinski definition) is 4. The number of morpholine rings is 1. The Morgan fingerprint density at radius 2 is 1.79 bits per heavy atom. The molecule has 1 aliphatic rings. The molecule has 0 radical (unpaired) electrons. The van der Waals surface area contributed by atoms with Crippen LogP contribution in [-0.2, 0) is 4.74 Å². The Morgan fingerprint density at radius 1 is 1.21 bits per heavy atom. The highest BCUT2D eigenvalue weighted by atomic mass is 16.5. The van der Waals surface area contributed by atoms with E-state index >= 15 is 0 Å². The molecule has 0 atom stereocenters. The van der Waals surface area contributed by atoms with Gasteiger partial charge >= 0.3 is 0 Å². The molecule has 1 N–H and O–H groups in total. The molecule has 4 nitrogen and oxygen atoms in total. The maximum absolute atomic E-state index is 12.7. The third-order valence-electron chi connectivity index (χ3n) is 3.79. The largest absolute Gasteiger partial charge is 0.388 e. The number of benzene rings is 1. The molecule has 0 aliphatic carbocycles. The number of carbonyl (C=O) groups excluding carboxylic acids is 1. The molecular weight excluding hydrogens is 240 g/mol. The summed E-state index contributed by atoms with van der Waals surface area (Å²) < 4.78 is 5.35. The molecule has 19 heavy (non-hydrogen) atoms. The summed E-state index contributed by atoms with van der Waals surface area (Å²) in [5, 5.41) is 3.06. The highest BCUT2D eigenvalue weighted by Gasteiger charge is 2.35. The van der Waals surface area contributed by atoms with Gasteiger partial charge in [-0.15, -0.1) is 0 Å². The van der Waals surface area contributed by atoms with Crippen LogP contribution in [0.25, 0.3) is 0 Å². The van der Waals surface area contributed by atoms with E-state index in [4.69, 9.17) is 4.74 Å². The standard InChI is InChI=1S/C15H22N2O2/c1-15(2,17-8-10-19-11-9-17)14(18)12-4-6-13(16-3)7-5-12/h4-7,16H,8-11H2,1-3H3. The van der Waals surface area contributed by atoms with Crippen molar-refractivity contribution in [3.63, 3.8) is 0 Å². The lowest BCUT2D eigenvalue weighted by Gasteiger charge is -2.39. The van der Waals surface area contributed by atoms with Crippen LogP contribution in [0.1, 0.15) is 24.2 Å². The molecule has 1 aromatic carbocycles. The van der Waals surface area contributed by atoms with Crippen LogP contribution >= 0.6 is 0 Å². The Balaban J connectivity index is 2.15. The Kier molecular flexibility index (Phi) is 4.22. The Morgan fingerprint density at radius 3 is 2.32 bits per heavy atom. The molecule has 4 heteroatoms. The molecule has 0 saturated carbocycles. The molecule has 1 aliphatic heterocycles. The number of ketones is 1. The Labute approximate surface area is 114 Å². The van der Waals surface area contributed by atoms with E-state index in [0.29, 0.717) is 13.2 Å². The van der Waals surface area contributed by atoms with Crippen molar-refractivity contribution in [1.29, 1.82) is 0 Å². The molecule has 1 aromatic rings. The lowest BCUT2D eigenvalue weighted by atomic mass is 9.91. The second kappa shape index (κ2) is 5.72. The summed E-state index contributed by atoms with van der Waals surface area (Å²) in [7, 11) is 1.87. The van der Waals surface area contributed by atoms with Gasteiger partial charge in [0, 0.05) is 31.4 Å². The summed E-state index contributed by atoms with van der Waals surface area (Å²) in [6, 6.07) is 7.64. The first kappa shape index (κ1) is 14.0. The van der Waals surface area contributed by atoms with Gasteiger partial charge in [0.05, 0.1) is 18.8 Å². The number of nitrogens with zero attached hydrogens (tertiary/aromatic N) is 1. The van der Waals surface area contributed by atoms with E-state index in [0.717, 1.165) is 24.3 Å². The van der Waals surface area contributed by atoms with Crippen LogP contribution in [0.4, 0.5) is 5.69 Å². The van der Waals surface area contributed by atoms with E-state index in [2.05, 4.69) is 10.2 Å². The summed E-state index contributed by atoms with van der Waals surface area (Å²) >= 11 is 0. The van der Waals surface area contributed by atoms with Crippen LogP contribution in [0.2, 0.25) is 0 Å². The number of hydrogen-bond donors (Lipinski definition) is 1. The molecule has 0 spiro atoms. The quantitative estimate of drug-likeness (QED) is 0.843. The van der Waals surface area contributed by atoms with Gasteiger partial charge in [-0.05, 0) is 38.1 Å². The van der Waals surface area contributed by atoms with Gasteiger partial charge in [0.15, 0.2) is 5.78 Å². The minimum atomic E-state index is -0.481. The maximum Gasteiger partial charge on any atom is 0.182 e. The third-order valence-corrected chi connectivity index (χ3v) is 3.79. The van der Waals surface area contributed by atoms with Crippen molar-refractivity contribution in [2.75, 3.05) is 38.7 Å². The summed E-state index contributed by atoms with van der Waals surface area (Å²) in [5.41, 5.74) is 1.29. The van der Waals surface area contributed by atoms with Gasteiger partial charge in [0.2, 0.25) is 0 Å². The number of anilines is 1. The lowest BCUT2D eigenvalue weighted by Crippen LogP contribution is -2.54.